The van der Waals surface area contributed by atoms with Crippen LogP contribution in [0.2, 0.25) is 0 Å². The predicted octanol–water partition coefficient (Wildman–Crippen LogP) is 1.39. The number of aliphatic hydroxyl groups is 2. The normalized spacial score (nSPS) is 18.9. The van der Waals surface area contributed by atoms with Gasteiger partial charge in [0.25, 0.3) is 0 Å². The van der Waals surface area contributed by atoms with Gasteiger partial charge in [0.15, 0.2) is 0 Å². The quantitative estimate of drug-likeness (QED) is 0.675. The Bertz CT molecular complexity index is 864. The first kappa shape index (κ1) is 20.0. The highest BCUT2D eigenvalue weighted by atomic mass is 16.3. The first-order valence-electron chi connectivity index (χ1n) is 9.29. The number of hydrogen-bond donors (Lipinski definition) is 3. The molecule has 1 heterocycles. The number of para-hydroxylation sites is 1. The highest BCUT2D eigenvalue weighted by Gasteiger charge is 2.51. The number of amides is 2. The molecule has 0 spiro atoms. The number of hydrogen-bond acceptors (Lipinski definition) is 4. The van der Waals surface area contributed by atoms with Crippen LogP contribution in [0.25, 0.3) is 0 Å². The van der Waals surface area contributed by atoms with E-state index in [1.54, 1.807) is 18.9 Å². The van der Waals surface area contributed by atoms with Gasteiger partial charge in [-0.15, -0.1) is 0 Å². The van der Waals surface area contributed by atoms with E-state index in [4.69, 9.17) is 0 Å². The van der Waals surface area contributed by atoms with Crippen molar-refractivity contribution in [3.63, 3.8) is 0 Å². The van der Waals surface area contributed by atoms with E-state index in [-0.39, 0.29) is 18.2 Å². The predicted molar refractivity (Wildman–Crippen MR) is 107 cm³/mol. The number of fused-ring (bicyclic) bond motifs is 1. The molecule has 0 aromatic heterocycles. The van der Waals surface area contributed by atoms with Crippen LogP contribution >= 0.6 is 0 Å². The Kier molecular flexibility index (Phi) is 5.54. The third kappa shape index (κ3) is 3.53. The molecule has 6 nitrogen and oxygen atoms in total. The molecule has 0 saturated heterocycles. The maximum Gasteiger partial charge on any atom is 0.238 e. The molecule has 0 saturated carbocycles. The van der Waals surface area contributed by atoms with Gasteiger partial charge < -0.3 is 20.4 Å². The van der Waals surface area contributed by atoms with Crippen LogP contribution in [0.1, 0.15) is 24.5 Å². The highest BCUT2D eigenvalue weighted by Crippen LogP contribution is 2.45. The summed E-state index contributed by atoms with van der Waals surface area (Å²) >= 11 is 0. The average molecular weight is 382 g/mol. The minimum atomic E-state index is -1.14. The largest absolute Gasteiger partial charge is 0.394 e. The second-order valence-electron chi connectivity index (χ2n) is 7.73. The first-order valence-corrected chi connectivity index (χ1v) is 9.29. The van der Waals surface area contributed by atoms with Crippen molar-refractivity contribution in [2.45, 2.75) is 30.7 Å². The number of nitrogens with zero attached hydrogens (tertiary/aromatic N) is 1. The molecule has 6 heteroatoms. The standard InChI is InChI=1S/C22H26N2O4/c1-21(14-25,15-26)23-19(27)13-22(12-16-8-4-3-5-9-16)17-10-6-7-11-18(17)24(2)20(22)28/h3-11,25-26H,12-15H2,1-2H3,(H,23,27)/t22-/m0/s1. The molecule has 2 amide bonds. The number of nitrogens with one attached hydrogen (secondary N) is 1. The van der Waals surface area contributed by atoms with E-state index in [9.17, 15) is 19.8 Å². The van der Waals surface area contributed by atoms with Crippen LogP contribution in [0.15, 0.2) is 54.6 Å². The molecule has 0 fully saturated rings. The minimum absolute atomic E-state index is 0.0718. The molecule has 3 rings (SSSR count). The number of benzene rings is 2. The molecule has 2 aromatic carbocycles. The molecule has 2 aromatic rings. The topological polar surface area (TPSA) is 89.9 Å². The summed E-state index contributed by atoms with van der Waals surface area (Å²) < 4.78 is 0. The molecule has 0 aliphatic carbocycles. The summed E-state index contributed by atoms with van der Waals surface area (Å²) in [4.78, 5) is 27.9. The third-order valence-electron chi connectivity index (χ3n) is 5.45. The molecule has 0 radical (unpaired) electrons. The number of anilines is 1. The van der Waals surface area contributed by atoms with Crippen molar-refractivity contribution in [1.82, 2.24) is 5.32 Å². The fraction of sp³-hybridized carbons (Fsp3) is 0.364. The summed E-state index contributed by atoms with van der Waals surface area (Å²) in [6, 6.07) is 17.1. The van der Waals surface area contributed by atoms with E-state index < -0.39 is 24.2 Å². The van der Waals surface area contributed by atoms with Crippen LogP contribution in [0.5, 0.6) is 0 Å². The summed E-state index contributed by atoms with van der Waals surface area (Å²) in [6.07, 6.45) is 0.314. The zero-order chi connectivity index (χ0) is 20.4. The van der Waals surface area contributed by atoms with Gasteiger partial charge in [-0.3, -0.25) is 9.59 Å². The Balaban J connectivity index is 2.02. The average Bonchev–Trinajstić information content (AvgIpc) is 2.91. The van der Waals surface area contributed by atoms with Crippen molar-refractivity contribution in [2.75, 3.05) is 25.2 Å². The second-order valence-corrected chi connectivity index (χ2v) is 7.73. The lowest BCUT2D eigenvalue weighted by atomic mass is 9.73. The van der Waals surface area contributed by atoms with Crippen molar-refractivity contribution in [2.24, 2.45) is 0 Å². The van der Waals surface area contributed by atoms with Gasteiger partial charge in [0.1, 0.15) is 0 Å². The molecule has 1 aliphatic rings. The van der Waals surface area contributed by atoms with Crippen LogP contribution < -0.4 is 10.2 Å². The number of carbonyl (C=O) groups excluding carboxylic acids is 2. The molecule has 1 aliphatic heterocycles. The van der Waals surface area contributed by atoms with E-state index in [0.717, 1.165) is 16.8 Å². The second kappa shape index (κ2) is 7.73. The van der Waals surface area contributed by atoms with E-state index in [2.05, 4.69) is 5.32 Å². The number of rotatable bonds is 7. The fourth-order valence-electron chi connectivity index (χ4n) is 3.85. The molecule has 3 N–H and O–H groups in total. The lowest BCUT2D eigenvalue weighted by Gasteiger charge is -2.31. The van der Waals surface area contributed by atoms with Crippen LogP contribution in [-0.2, 0) is 21.4 Å². The van der Waals surface area contributed by atoms with Crippen molar-refractivity contribution >= 4 is 17.5 Å². The minimum Gasteiger partial charge on any atom is -0.394 e. The fourth-order valence-corrected chi connectivity index (χ4v) is 3.85. The van der Waals surface area contributed by atoms with Crippen molar-refractivity contribution in [1.29, 1.82) is 0 Å². The maximum atomic E-state index is 13.4. The van der Waals surface area contributed by atoms with E-state index >= 15 is 0 Å². The molecular formula is C22H26N2O4. The lowest BCUT2D eigenvalue weighted by Crippen LogP contribution is -2.54. The first-order chi connectivity index (χ1) is 13.3. The summed E-state index contributed by atoms with van der Waals surface area (Å²) in [5, 5.41) is 21.7. The van der Waals surface area contributed by atoms with Crippen LogP contribution in [0.4, 0.5) is 5.69 Å². The third-order valence-corrected chi connectivity index (χ3v) is 5.45. The number of aliphatic hydroxyl groups excluding tert-OH is 2. The Labute approximate surface area is 164 Å². The summed E-state index contributed by atoms with van der Waals surface area (Å²) in [7, 11) is 1.72. The van der Waals surface area contributed by atoms with Gasteiger partial charge in [-0.2, -0.15) is 0 Å². The van der Waals surface area contributed by atoms with Crippen LogP contribution in [0.3, 0.4) is 0 Å². The smallest absolute Gasteiger partial charge is 0.238 e. The molecule has 28 heavy (non-hydrogen) atoms. The highest BCUT2D eigenvalue weighted by molar-refractivity contribution is 6.10. The van der Waals surface area contributed by atoms with Gasteiger partial charge in [0, 0.05) is 19.2 Å². The van der Waals surface area contributed by atoms with Gasteiger partial charge in [-0.1, -0.05) is 48.5 Å². The van der Waals surface area contributed by atoms with Crippen LogP contribution in [0, 0.1) is 0 Å². The Hall–Kier alpha value is -2.70. The summed E-state index contributed by atoms with van der Waals surface area (Å²) in [5.41, 5.74) is 0.390. The van der Waals surface area contributed by atoms with Gasteiger partial charge in [-0.25, -0.2) is 0 Å². The zero-order valence-corrected chi connectivity index (χ0v) is 16.2. The van der Waals surface area contributed by atoms with Crippen LogP contribution in [-0.4, -0.2) is 47.8 Å². The summed E-state index contributed by atoms with van der Waals surface area (Å²) in [6.45, 7) is 0.766. The van der Waals surface area contributed by atoms with Crippen molar-refractivity contribution in [3.05, 3.63) is 65.7 Å². The molecule has 0 bridgehead atoms. The van der Waals surface area contributed by atoms with E-state index in [0.29, 0.717) is 6.42 Å². The summed E-state index contributed by atoms with van der Waals surface area (Å²) in [5.74, 6) is -0.526. The lowest BCUT2D eigenvalue weighted by molar-refractivity contribution is -0.131. The number of likely N-dealkylation sites (N-methyl/N-ethyl adjacent to an activating group) is 1. The Morgan fingerprint density at radius 2 is 1.68 bits per heavy atom. The van der Waals surface area contributed by atoms with Gasteiger partial charge >= 0.3 is 0 Å². The SMILES string of the molecule is CN1C(=O)[C@](CC(=O)NC(C)(CO)CO)(Cc2ccccc2)c2ccccc21. The van der Waals surface area contributed by atoms with Gasteiger partial charge in [0.05, 0.1) is 24.2 Å². The Morgan fingerprint density at radius 1 is 1.07 bits per heavy atom. The van der Waals surface area contributed by atoms with Crippen molar-refractivity contribution < 1.29 is 19.8 Å². The van der Waals surface area contributed by atoms with Gasteiger partial charge in [0.2, 0.25) is 11.8 Å². The molecule has 148 valence electrons. The molecular weight excluding hydrogens is 356 g/mol. The van der Waals surface area contributed by atoms with Crippen molar-refractivity contribution in [3.8, 4) is 0 Å². The Morgan fingerprint density at radius 3 is 2.32 bits per heavy atom. The monoisotopic (exact) mass is 382 g/mol. The molecule has 0 unspecified atom stereocenters. The maximum absolute atomic E-state index is 13.4. The van der Waals surface area contributed by atoms with E-state index in [1.807, 2.05) is 54.6 Å². The number of carbonyl (C=O) groups is 2. The zero-order valence-electron chi connectivity index (χ0n) is 16.2. The van der Waals surface area contributed by atoms with E-state index in [1.165, 1.54) is 0 Å². The molecule has 1 atom stereocenters. The van der Waals surface area contributed by atoms with Gasteiger partial charge in [-0.05, 0) is 30.5 Å².